The van der Waals surface area contributed by atoms with Crippen molar-refractivity contribution in [2.24, 2.45) is 5.92 Å². The highest BCUT2D eigenvalue weighted by Crippen LogP contribution is 2.38. The van der Waals surface area contributed by atoms with Gasteiger partial charge in [-0.15, -0.1) is 0 Å². The summed E-state index contributed by atoms with van der Waals surface area (Å²) in [4.78, 5) is 23.4. The molecule has 1 aliphatic carbocycles. The lowest BCUT2D eigenvalue weighted by Gasteiger charge is -2.45. The zero-order valence-corrected chi connectivity index (χ0v) is 23.3. The van der Waals surface area contributed by atoms with Gasteiger partial charge < -0.3 is 20.6 Å². The summed E-state index contributed by atoms with van der Waals surface area (Å²) in [6.07, 6.45) is 8.64. The molecule has 1 saturated heterocycles. The number of aliphatic hydroxyl groups is 1. The first-order chi connectivity index (χ1) is 18.7. The van der Waals surface area contributed by atoms with Crippen molar-refractivity contribution in [3.63, 3.8) is 0 Å². The molecule has 1 saturated carbocycles. The first kappa shape index (κ1) is 26.2. The number of imidazole rings is 2. The lowest BCUT2D eigenvalue weighted by molar-refractivity contribution is -0.0882. The SMILES string of the molecule is CC(O)N(C[C@@H]1CC[C@H](n2cnc3c(N)ncnc32)O1)[C@H]1C[C@@H](CCc2nc3cc(C(C)(C)C)ccc3[nH]2)C1. The predicted octanol–water partition coefficient (Wildman–Crippen LogP) is 4.31. The van der Waals surface area contributed by atoms with E-state index in [1.54, 1.807) is 6.33 Å². The Kier molecular flexibility index (Phi) is 6.81. The normalized spacial score (nSPS) is 24.6. The number of nitrogens with one attached hydrogen (secondary N) is 1. The molecule has 1 aromatic carbocycles. The Bertz CT molecular complexity index is 1450. The second-order valence-corrected chi connectivity index (χ2v) is 12.4. The molecule has 208 valence electrons. The summed E-state index contributed by atoms with van der Waals surface area (Å²) >= 11 is 0. The number of anilines is 1. The highest BCUT2D eigenvalue weighted by atomic mass is 16.5. The molecule has 4 aromatic rings. The van der Waals surface area contributed by atoms with Gasteiger partial charge in [0.05, 0.1) is 23.5 Å². The van der Waals surface area contributed by atoms with E-state index in [9.17, 15) is 5.11 Å². The van der Waals surface area contributed by atoms with E-state index in [2.05, 4.69) is 63.8 Å². The Morgan fingerprint density at radius 1 is 1.21 bits per heavy atom. The third kappa shape index (κ3) is 5.25. The second kappa shape index (κ2) is 10.1. The van der Waals surface area contributed by atoms with Gasteiger partial charge in [0, 0.05) is 19.0 Å². The zero-order valence-electron chi connectivity index (χ0n) is 23.3. The van der Waals surface area contributed by atoms with Crippen molar-refractivity contribution in [2.45, 2.75) is 96.2 Å². The largest absolute Gasteiger partial charge is 0.382 e. The van der Waals surface area contributed by atoms with E-state index in [1.807, 2.05) is 11.5 Å². The van der Waals surface area contributed by atoms with Crippen molar-refractivity contribution in [1.29, 1.82) is 0 Å². The topological polar surface area (TPSA) is 131 Å². The summed E-state index contributed by atoms with van der Waals surface area (Å²) in [6, 6.07) is 6.94. The minimum atomic E-state index is -0.507. The van der Waals surface area contributed by atoms with Gasteiger partial charge in [0.25, 0.3) is 0 Å². The number of aryl methyl sites for hydroxylation is 1. The predicted molar refractivity (Wildman–Crippen MR) is 151 cm³/mol. The maximum absolute atomic E-state index is 10.6. The summed E-state index contributed by atoms with van der Waals surface area (Å²) < 4.78 is 8.35. The highest BCUT2D eigenvalue weighted by molar-refractivity contribution is 5.81. The molecule has 2 fully saturated rings. The van der Waals surface area contributed by atoms with E-state index < -0.39 is 6.23 Å². The first-order valence-electron chi connectivity index (χ1n) is 14.2. The van der Waals surface area contributed by atoms with E-state index in [4.69, 9.17) is 15.5 Å². The number of aliphatic hydroxyl groups excluding tert-OH is 1. The number of rotatable bonds is 8. The van der Waals surface area contributed by atoms with Gasteiger partial charge in [-0.05, 0) is 68.1 Å². The third-order valence-electron chi connectivity index (χ3n) is 8.54. The minimum Gasteiger partial charge on any atom is -0.382 e. The van der Waals surface area contributed by atoms with Gasteiger partial charge in [-0.1, -0.05) is 26.8 Å². The quantitative estimate of drug-likeness (QED) is 0.286. The molecule has 10 heteroatoms. The number of hydrogen-bond acceptors (Lipinski definition) is 8. The first-order valence-corrected chi connectivity index (χ1v) is 14.2. The van der Waals surface area contributed by atoms with Crippen molar-refractivity contribution in [3.05, 3.63) is 42.2 Å². The van der Waals surface area contributed by atoms with Crippen LogP contribution in [0.25, 0.3) is 22.2 Å². The Labute approximate surface area is 229 Å². The van der Waals surface area contributed by atoms with Gasteiger partial charge in [0.1, 0.15) is 30.1 Å². The number of ether oxygens (including phenoxy) is 1. The Balaban J connectivity index is 1.01. The van der Waals surface area contributed by atoms with Crippen molar-refractivity contribution >= 4 is 28.0 Å². The molecule has 4 N–H and O–H groups in total. The van der Waals surface area contributed by atoms with E-state index in [0.29, 0.717) is 28.9 Å². The van der Waals surface area contributed by atoms with Gasteiger partial charge in [-0.2, -0.15) is 0 Å². The van der Waals surface area contributed by atoms with Gasteiger partial charge in [-0.25, -0.2) is 19.9 Å². The molecule has 0 spiro atoms. The van der Waals surface area contributed by atoms with Crippen LogP contribution in [0.2, 0.25) is 0 Å². The molecule has 2 aliphatic rings. The number of H-pyrrole nitrogens is 1. The summed E-state index contributed by atoms with van der Waals surface area (Å²) in [7, 11) is 0. The second-order valence-electron chi connectivity index (χ2n) is 12.4. The molecule has 3 atom stereocenters. The smallest absolute Gasteiger partial charge is 0.167 e. The van der Waals surface area contributed by atoms with Gasteiger partial charge in [-0.3, -0.25) is 9.47 Å². The summed E-state index contributed by atoms with van der Waals surface area (Å²) in [5.41, 5.74) is 10.8. The van der Waals surface area contributed by atoms with E-state index in [0.717, 1.165) is 61.9 Å². The van der Waals surface area contributed by atoms with Crippen LogP contribution < -0.4 is 5.73 Å². The van der Waals surface area contributed by atoms with Gasteiger partial charge >= 0.3 is 0 Å². The van der Waals surface area contributed by atoms with Gasteiger partial charge in [0.15, 0.2) is 11.5 Å². The van der Waals surface area contributed by atoms with Crippen LogP contribution in [0.4, 0.5) is 5.82 Å². The zero-order chi connectivity index (χ0) is 27.3. The fourth-order valence-corrected chi connectivity index (χ4v) is 6.14. The van der Waals surface area contributed by atoms with Crippen LogP contribution in [0, 0.1) is 5.92 Å². The summed E-state index contributed by atoms with van der Waals surface area (Å²) in [6.45, 7) is 9.28. The summed E-state index contributed by atoms with van der Waals surface area (Å²) in [5, 5.41) is 10.6. The van der Waals surface area contributed by atoms with Crippen molar-refractivity contribution in [3.8, 4) is 0 Å². The molecule has 1 aliphatic heterocycles. The molecule has 1 unspecified atom stereocenters. The van der Waals surface area contributed by atoms with Crippen LogP contribution in [0.3, 0.4) is 0 Å². The Morgan fingerprint density at radius 3 is 2.79 bits per heavy atom. The van der Waals surface area contributed by atoms with Crippen molar-refractivity contribution < 1.29 is 9.84 Å². The van der Waals surface area contributed by atoms with Gasteiger partial charge in [0.2, 0.25) is 0 Å². The number of hydrogen-bond donors (Lipinski definition) is 3. The molecule has 0 amide bonds. The van der Waals surface area contributed by atoms with Crippen LogP contribution in [-0.2, 0) is 16.6 Å². The third-order valence-corrected chi connectivity index (χ3v) is 8.54. The highest BCUT2D eigenvalue weighted by Gasteiger charge is 2.38. The van der Waals surface area contributed by atoms with E-state index in [1.165, 1.54) is 11.9 Å². The number of nitrogen functional groups attached to an aromatic ring is 1. The maximum Gasteiger partial charge on any atom is 0.167 e. The molecular weight excluding hydrogens is 492 g/mol. The van der Waals surface area contributed by atoms with Crippen LogP contribution >= 0.6 is 0 Å². The Morgan fingerprint density at radius 2 is 2.03 bits per heavy atom. The molecule has 0 bridgehead atoms. The van der Waals surface area contributed by atoms with Crippen LogP contribution in [0.5, 0.6) is 0 Å². The molecule has 0 radical (unpaired) electrons. The number of benzene rings is 1. The maximum atomic E-state index is 10.6. The number of nitrogens with two attached hydrogens (primary N) is 1. The van der Waals surface area contributed by atoms with E-state index >= 15 is 0 Å². The molecule has 3 aromatic heterocycles. The Hall–Kier alpha value is -3.08. The van der Waals surface area contributed by atoms with E-state index in [-0.39, 0.29) is 17.7 Å². The van der Waals surface area contributed by atoms with Crippen molar-refractivity contribution in [1.82, 2.24) is 34.4 Å². The standard InChI is InChI=1S/C29H40N8O2/c1-17(38)36(14-21-7-10-25(39-21)37-16-33-26-27(30)31-15-32-28(26)37)20-11-18(12-20)5-9-24-34-22-8-6-19(29(2,3)4)13-23(22)35-24/h6,8,13,15-18,20-21,25,38H,5,7,9-12,14H2,1-4H3,(H,34,35)(H2,30,31,32)/t17?,18-,20+,21-,25+/m0/s1. The number of nitrogens with zero attached hydrogens (tertiary/aromatic N) is 6. The lowest BCUT2D eigenvalue weighted by atomic mass is 9.76. The molecule has 6 rings (SSSR count). The van der Waals surface area contributed by atoms with Crippen LogP contribution in [-0.4, -0.2) is 64.4 Å². The fourth-order valence-electron chi connectivity index (χ4n) is 6.14. The molecule has 39 heavy (non-hydrogen) atoms. The molecule has 10 nitrogen and oxygen atoms in total. The number of aromatic nitrogens is 6. The van der Waals surface area contributed by atoms with Crippen molar-refractivity contribution in [2.75, 3.05) is 12.3 Å². The molecular formula is C29H40N8O2. The average molecular weight is 533 g/mol. The number of fused-ring (bicyclic) bond motifs is 2. The average Bonchev–Trinajstić information content (AvgIpc) is 3.59. The van der Waals surface area contributed by atoms with Crippen LogP contribution in [0.15, 0.2) is 30.9 Å². The monoisotopic (exact) mass is 532 g/mol. The fraction of sp³-hybridized carbons (Fsp3) is 0.586. The minimum absolute atomic E-state index is 0.0498. The molecule has 4 heterocycles. The lowest BCUT2D eigenvalue weighted by Crippen LogP contribution is -2.51. The van der Waals surface area contributed by atoms with Crippen LogP contribution in [0.1, 0.15) is 77.4 Å². The number of aromatic amines is 1. The summed E-state index contributed by atoms with van der Waals surface area (Å²) in [5.74, 6) is 2.09.